The van der Waals surface area contributed by atoms with Crippen LogP contribution in [0.1, 0.15) is 0 Å². The average Bonchev–Trinajstić information content (AvgIpc) is 3.06. The summed E-state index contributed by atoms with van der Waals surface area (Å²) in [5, 5.41) is 7.92. The molecular weight excluding hydrogens is 551 g/mol. The van der Waals surface area contributed by atoms with Gasteiger partial charge in [0.15, 0.2) is 23.0 Å². The van der Waals surface area contributed by atoms with Crippen LogP contribution in [0.2, 0.25) is 0 Å². The van der Waals surface area contributed by atoms with Crippen molar-refractivity contribution in [3.63, 3.8) is 0 Å². The van der Waals surface area contributed by atoms with Crippen molar-refractivity contribution in [1.29, 1.82) is 0 Å². The highest BCUT2D eigenvalue weighted by Crippen LogP contribution is 2.52. The number of ether oxygens (including phenoxy) is 2. The molecule has 0 atom stereocenters. The van der Waals surface area contributed by atoms with Crippen LogP contribution in [-0.2, 0) is 11.8 Å². The second kappa shape index (κ2) is 9.99. The Balaban J connectivity index is 1.25. The van der Waals surface area contributed by atoms with Gasteiger partial charge < -0.3 is 9.47 Å². The smallest absolute Gasteiger partial charge is 0.177 e. The lowest BCUT2D eigenvalue weighted by Gasteiger charge is -2.25. The average molecular weight is 577 g/mol. The van der Waals surface area contributed by atoms with Crippen LogP contribution < -0.4 is 25.4 Å². The number of hydrogen-bond acceptors (Lipinski definition) is 3. The van der Waals surface area contributed by atoms with E-state index in [0.29, 0.717) is 5.75 Å². The predicted octanol–water partition coefficient (Wildman–Crippen LogP) is 9.31. The minimum absolute atomic E-state index is 0.717. The first-order valence-corrected chi connectivity index (χ1v) is 16.8. The Morgan fingerprint density at radius 2 is 0.929 bits per heavy atom. The van der Waals surface area contributed by atoms with Crippen molar-refractivity contribution in [1.82, 2.24) is 0 Å². The molecule has 1 heterocycles. The monoisotopic (exact) mass is 576 g/mol. The van der Waals surface area contributed by atoms with E-state index < -0.39 is 6.04 Å². The van der Waals surface area contributed by atoms with Crippen LogP contribution in [0.3, 0.4) is 0 Å². The molecule has 8 rings (SSSR count). The van der Waals surface area contributed by atoms with Crippen molar-refractivity contribution in [2.75, 3.05) is 0 Å². The fourth-order valence-corrected chi connectivity index (χ4v) is 9.65. The van der Waals surface area contributed by atoms with Gasteiger partial charge in [-0.05, 0) is 61.4 Å². The summed E-state index contributed by atoms with van der Waals surface area (Å²) in [4.78, 5) is 0. The first kappa shape index (κ1) is 25.1. The van der Waals surface area contributed by atoms with E-state index >= 15 is 0 Å². The first-order valence-electron chi connectivity index (χ1n) is 13.9. The second-order valence-electron chi connectivity index (χ2n) is 10.5. The lowest BCUT2D eigenvalue weighted by atomic mass is 9.96. The highest BCUT2D eigenvalue weighted by Gasteiger charge is 2.26. The summed E-state index contributed by atoms with van der Waals surface area (Å²) in [5.41, 5.74) is 2.20. The highest BCUT2D eigenvalue weighted by atomic mass is 32.4. The molecule has 1 aliphatic rings. The van der Waals surface area contributed by atoms with Crippen LogP contribution in [0.4, 0.5) is 0 Å². The maximum Gasteiger partial charge on any atom is 0.177 e. The van der Waals surface area contributed by atoms with E-state index in [1.807, 2.05) is 30.3 Å². The third-order valence-corrected chi connectivity index (χ3v) is 13.0. The van der Waals surface area contributed by atoms with Crippen molar-refractivity contribution in [2.45, 2.75) is 0 Å². The van der Waals surface area contributed by atoms with Crippen molar-refractivity contribution >= 4 is 55.3 Å². The fourth-order valence-electron chi connectivity index (χ4n) is 5.90. The lowest BCUT2D eigenvalue weighted by molar-refractivity contribution is 0.364. The van der Waals surface area contributed by atoms with Gasteiger partial charge in [-0.1, -0.05) is 145 Å². The zero-order chi connectivity index (χ0) is 28.1. The molecular formula is C38H25O2PS. The van der Waals surface area contributed by atoms with Crippen LogP contribution in [0, 0.1) is 0 Å². The molecule has 7 aromatic carbocycles. The van der Waals surface area contributed by atoms with Crippen LogP contribution >= 0.6 is 6.04 Å². The summed E-state index contributed by atoms with van der Waals surface area (Å²) < 4.78 is 13.0. The van der Waals surface area contributed by atoms with Crippen molar-refractivity contribution in [3.05, 3.63) is 152 Å². The van der Waals surface area contributed by atoms with Gasteiger partial charge >= 0.3 is 0 Å². The molecule has 7 aromatic rings. The molecule has 0 aromatic heterocycles. The Morgan fingerprint density at radius 3 is 1.55 bits per heavy atom. The Morgan fingerprint density at radius 1 is 0.429 bits per heavy atom. The summed E-state index contributed by atoms with van der Waals surface area (Å²) in [6.07, 6.45) is 0. The third-order valence-electron chi connectivity index (χ3n) is 7.99. The zero-order valence-electron chi connectivity index (χ0n) is 22.6. The first-order chi connectivity index (χ1) is 20.7. The van der Waals surface area contributed by atoms with Gasteiger partial charge in [0, 0.05) is 11.4 Å². The van der Waals surface area contributed by atoms with E-state index in [1.165, 1.54) is 15.9 Å². The molecule has 0 N–H and O–H groups in total. The van der Waals surface area contributed by atoms with Gasteiger partial charge in [-0.25, -0.2) is 0 Å². The van der Waals surface area contributed by atoms with Gasteiger partial charge in [0.25, 0.3) is 0 Å². The Hall–Kier alpha value is -4.69. The summed E-state index contributed by atoms with van der Waals surface area (Å²) in [5.74, 6) is 2.92. The molecule has 2 nitrogen and oxygen atoms in total. The topological polar surface area (TPSA) is 18.5 Å². The number of rotatable bonds is 4. The van der Waals surface area contributed by atoms with Gasteiger partial charge in [0.1, 0.15) is 0 Å². The quantitative estimate of drug-likeness (QED) is 0.195. The molecule has 0 saturated heterocycles. The third kappa shape index (κ3) is 4.05. The van der Waals surface area contributed by atoms with E-state index in [-0.39, 0.29) is 0 Å². The van der Waals surface area contributed by atoms with Crippen LogP contribution in [0.25, 0.3) is 32.7 Å². The van der Waals surface area contributed by atoms with Gasteiger partial charge in [0.05, 0.1) is 0 Å². The van der Waals surface area contributed by atoms with Gasteiger partial charge in [-0.2, -0.15) is 0 Å². The van der Waals surface area contributed by atoms with E-state index in [9.17, 15) is 0 Å². The van der Waals surface area contributed by atoms with Crippen LogP contribution in [0.15, 0.2) is 152 Å². The molecule has 0 bridgehead atoms. The summed E-state index contributed by atoms with van der Waals surface area (Å²) in [6, 6.07) is 50.5. The molecule has 0 radical (unpaired) electrons. The van der Waals surface area contributed by atoms with Gasteiger partial charge in [0.2, 0.25) is 0 Å². The van der Waals surface area contributed by atoms with Crippen molar-refractivity contribution < 1.29 is 9.47 Å². The molecule has 0 spiro atoms. The second-order valence-corrected chi connectivity index (χ2v) is 14.9. The standard InChI is InChI=1S/C38H25O2PS/c42-41(29-13-3-1-4-14-29,30-15-5-2-6-16-30)31-21-19-26(20-22-31)34-25-37-38(33-18-10-9-17-32(33)34)40-36-24-28-12-8-7-11-27(28)23-35(36)39-37/h1-25H. The minimum Gasteiger partial charge on any atom is -0.449 e. The van der Waals surface area contributed by atoms with E-state index in [0.717, 1.165) is 49.9 Å². The van der Waals surface area contributed by atoms with Crippen LogP contribution in [0.5, 0.6) is 23.0 Å². The SMILES string of the molecule is S=P(c1ccccc1)(c1ccccc1)c1ccc(-c2cc3c(c4ccccc24)Oc2cc4ccccc4cc2O3)cc1. The molecule has 0 amide bonds. The largest absolute Gasteiger partial charge is 0.449 e. The summed E-state index contributed by atoms with van der Waals surface area (Å²) in [6.45, 7) is 0. The fraction of sp³-hybridized carbons (Fsp3) is 0. The summed E-state index contributed by atoms with van der Waals surface area (Å²) in [7, 11) is 0. The molecule has 0 saturated carbocycles. The molecule has 42 heavy (non-hydrogen) atoms. The van der Waals surface area contributed by atoms with Crippen molar-refractivity contribution in [3.8, 4) is 34.1 Å². The minimum atomic E-state index is -2.22. The van der Waals surface area contributed by atoms with Gasteiger partial charge in [-0.3, -0.25) is 0 Å². The predicted molar refractivity (Wildman–Crippen MR) is 180 cm³/mol. The molecule has 1 aliphatic heterocycles. The van der Waals surface area contributed by atoms with Crippen molar-refractivity contribution in [2.24, 2.45) is 0 Å². The lowest BCUT2D eigenvalue weighted by Crippen LogP contribution is -2.24. The van der Waals surface area contributed by atoms with E-state index in [2.05, 4.69) is 121 Å². The van der Waals surface area contributed by atoms with E-state index in [1.54, 1.807) is 0 Å². The Kier molecular flexibility index (Phi) is 5.96. The van der Waals surface area contributed by atoms with Gasteiger partial charge in [-0.15, -0.1) is 0 Å². The molecule has 0 unspecified atom stereocenters. The Bertz CT molecular complexity index is 2110. The molecule has 0 fully saturated rings. The maximum atomic E-state index is 6.56. The normalized spacial score (nSPS) is 12.3. The zero-order valence-corrected chi connectivity index (χ0v) is 24.3. The number of benzene rings is 7. The highest BCUT2D eigenvalue weighted by molar-refractivity contribution is 8.25. The molecule has 200 valence electrons. The number of hydrogen-bond donors (Lipinski definition) is 0. The number of fused-ring (bicyclic) bond motifs is 5. The van der Waals surface area contributed by atoms with Crippen LogP contribution in [-0.4, -0.2) is 0 Å². The van der Waals surface area contributed by atoms with E-state index in [4.69, 9.17) is 21.3 Å². The maximum absolute atomic E-state index is 6.56. The molecule has 0 aliphatic carbocycles. The Labute approximate surface area is 249 Å². The summed E-state index contributed by atoms with van der Waals surface area (Å²) >= 11 is 6.56. The molecule has 4 heteroatoms.